The Labute approximate surface area is 100 Å². The highest BCUT2D eigenvalue weighted by molar-refractivity contribution is 6.08. The zero-order valence-corrected chi connectivity index (χ0v) is 9.72. The molecule has 92 valence electrons. The first-order valence-electron chi connectivity index (χ1n) is 5.44. The van der Waals surface area contributed by atoms with E-state index in [9.17, 15) is 4.79 Å². The minimum atomic E-state index is -0.191. The Bertz CT molecular complexity index is 392. The molecule has 0 aromatic heterocycles. The van der Waals surface area contributed by atoms with Gasteiger partial charge < -0.3 is 14.9 Å². The molecule has 0 bridgehead atoms. The molecule has 0 saturated heterocycles. The molecule has 0 fully saturated rings. The van der Waals surface area contributed by atoms with E-state index in [1.165, 1.54) is 0 Å². The number of allylic oxidation sites excluding steroid dienone is 1. The summed E-state index contributed by atoms with van der Waals surface area (Å²) in [6.45, 7) is 1.98. The number of hydrogen-bond acceptors (Lipinski definition) is 4. The first-order valence-corrected chi connectivity index (χ1v) is 5.44. The average molecular weight is 236 g/mol. The molecule has 0 radical (unpaired) electrons. The molecule has 0 unspecified atom stereocenters. The quantitative estimate of drug-likeness (QED) is 0.451. The normalized spacial score (nSPS) is 11.3. The third kappa shape index (κ3) is 3.60. The van der Waals surface area contributed by atoms with Gasteiger partial charge in [0.05, 0.1) is 12.9 Å². The molecule has 4 nitrogen and oxygen atoms in total. The van der Waals surface area contributed by atoms with Crippen LogP contribution in [0.3, 0.4) is 0 Å². The summed E-state index contributed by atoms with van der Waals surface area (Å²) >= 11 is 0. The molecule has 0 aliphatic heterocycles. The van der Waals surface area contributed by atoms with E-state index in [0.29, 0.717) is 23.3 Å². The summed E-state index contributed by atoms with van der Waals surface area (Å²) in [5.74, 6) is 0.408. The van der Waals surface area contributed by atoms with Gasteiger partial charge in [0, 0.05) is 11.1 Å². The smallest absolute Gasteiger partial charge is 0.192 e. The van der Waals surface area contributed by atoms with Crippen LogP contribution in [0, 0.1) is 0 Å². The zero-order valence-electron chi connectivity index (χ0n) is 9.72. The fraction of sp³-hybridized carbons (Fsp3) is 0.308. The van der Waals surface area contributed by atoms with Crippen LogP contribution in [0.5, 0.6) is 5.75 Å². The number of aliphatic hydroxyl groups is 2. The number of carbonyl (C=O) groups is 1. The Hall–Kier alpha value is -1.81. The van der Waals surface area contributed by atoms with Gasteiger partial charge in [-0.05, 0) is 30.7 Å². The second-order valence-electron chi connectivity index (χ2n) is 3.43. The van der Waals surface area contributed by atoms with Crippen LogP contribution in [0.4, 0.5) is 0 Å². The third-order valence-electron chi connectivity index (χ3n) is 2.30. The first-order chi connectivity index (χ1) is 8.22. The van der Waals surface area contributed by atoms with Crippen molar-refractivity contribution in [1.29, 1.82) is 0 Å². The summed E-state index contributed by atoms with van der Waals surface area (Å²) in [6, 6.07) is 6.59. The van der Waals surface area contributed by atoms with E-state index >= 15 is 0 Å². The molecule has 4 heteroatoms. The fourth-order valence-corrected chi connectivity index (χ4v) is 1.36. The lowest BCUT2D eigenvalue weighted by molar-refractivity contribution is 0.102. The standard InChI is InChI=1S/C13H16O4/c1-2-10(9-15)13(16)11-3-5-12(6-4-11)17-8-7-14/h3-6,9,14-15H,2,7-8H2,1H3/b10-9-. The third-order valence-corrected chi connectivity index (χ3v) is 2.30. The summed E-state index contributed by atoms with van der Waals surface area (Å²) in [4.78, 5) is 11.8. The van der Waals surface area contributed by atoms with E-state index in [2.05, 4.69) is 0 Å². The minimum absolute atomic E-state index is 0.0477. The molecule has 1 aromatic rings. The van der Waals surface area contributed by atoms with Crippen LogP contribution in [0.15, 0.2) is 36.1 Å². The highest BCUT2D eigenvalue weighted by atomic mass is 16.5. The molecular weight excluding hydrogens is 220 g/mol. The number of rotatable bonds is 6. The highest BCUT2D eigenvalue weighted by Crippen LogP contribution is 2.16. The number of hydrogen-bond donors (Lipinski definition) is 2. The van der Waals surface area contributed by atoms with Gasteiger partial charge in [-0.25, -0.2) is 0 Å². The summed E-state index contributed by atoms with van der Waals surface area (Å²) < 4.78 is 5.18. The van der Waals surface area contributed by atoms with Crippen LogP contribution in [-0.4, -0.2) is 29.2 Å². The van der Waals surface area contributed by atoms with Gasteiger partial charge in [-0.1, -0.05) is 6.92 Å². The van der Waals surface area contributed by atoms with E-state index < -0.39 is 0 Å². The largest absolute Gasteiger partial charge is 0.515 e. The molecule has 1 aromatic carbocycles. The molecule has 0 heterocycles. The Morgan fingerprint density at radius 3 is 2.47 bits per heavy atom. The first kappa shape index (κ1) is 13.3. The Morgan fingerprint density at radius 2 is 2.00 bits per heavy atom. The maximum Gasteiger partial charge on any atom is 0.192 e. The van der Waals surface area contributed by atoms with Gasteiger partial charge in [-0.15, -0.1) is 0 Å². The lowest BCUT2D eigenvalue weighted by Crippen LogP contribution is -2.04. The molecule has 0 atom stereocenters. The van der Waals surface area contributed by atoms with Crippen molar-refractivity contribution in [2.75, 3.05) is 13.2 Å². The predicted molar refractivity (Wildman–Crippen MR) is 64.4 cm³/mol. The molecule has 0 aliphatic rings. The number of ether oxygens (including phenoxy) is 1. The van der Waals surface area contributed by atoms with Crippen molar-refractivity contribution in [3.63, 3.8) is 0 Å². The average Bonchev–Trinajstić information content (AvgIpc) is 2.38. The minimum Gasteiger partial charge on any atom is -0.515 e. The molecule has 17 heavy (non-hydrogen) atoms. The summed E-state index contributed by atoms with van der Waals surface area (Å²) in [7, 11) is 0. The van der Waals surface area contributed by atoms with Crippen molar-refractivity contribution in [2.45, 2.75) is 13.3 Å². The van der Waals surface area contributed by atoms with Crippen molar-refractivity contribution < 1.29 is 19.7 Å². The number of Topliss-reactive ketones (excluding diaryl/α,β-unsaturated/α-hetero) is 1. The molecule has 0 saturated carbocycles. The number of ketones is 1. The Kier molecular flexibility index (Phi) is 5.23. The SMILES string of the molecule is CC/C(=C/O)C(=O)c1ccc(OCCO)cc1. The molecule has 0 aliphatic carbocycles. The molecule has 1 rings (SSSR count). The zero-order chi connectivity index (χ0) is 12.7. The molecule has 0 amide bonds. The van der Waals surface area contributed by atoms with Crippen LogP contribution in [0.2, 0.25) is 0 Å². The van der Waals surface area contributed by atoms with Crippen LogP contribution < -0.4 is 4.74 Å². The molecule has 2 N–H and O–H groups in total. The van der Waals surface area contributed by atoms with Crippen LogP contribution in [0.25, 0.3) is 0 Å². The Morgan fingerprint density at radius 1 is 1.35 bits per heavy atom. The number of carbonyl (C=O) groups excluding carboxylic acids is 1. The van der Waals surface area contributed by atoms with Gasteiger partial charge in [0.2, 0.25) is 0 Å². The van der Waals surface area contributed by atoms with Gasteiger partial charge in [-0.3, -0.25) is 4.79 Å². The van der Waals surface area contributed by atoms with Gasteiger partial charge in [0.1, 0.15) is 12.4 Å². The second-order valence-corrected chi connectivity index (χ2v) is 3.43. The summed E-state index contributed by atoms with van der Waals surface area (Å²) in [5.41, 5.74) is 0.873. The maximum atomic E-state index is 11.8. The van der Waals surface area contributed by atoms with E-state index in [0.717, 1.165) is 6.26 Å². The van der Waals surface area contributed by atoms with E-state index in [4.69, 9.17) is 14.9 Å². The van der Waals surface area contributed by atoms with Gasteiger partial charge in [0.15, 0.2) is 5.78 Å². The van der Waals surface area contributed by atoms with E-state index in [-0.39, 0.29) is 19.0 Å². The summed E-state index contributed by atoms with van der Waals surface area (Å²) in [6.07, 6.45) is 1.33. The van der Waals surface area contributed by atoms with E-state index in [1.54, 1.807) is 31.2 Å². The monoisotopic (exact) mass is 236 g/mol. The van der Waals surface area contributed by atoms with Crippen LogP contribution in [0.1, 0.15) is 23.7 Å². The van der Waals surface area contributed by atoms with Crippen molar-refractivity contribution in [1.82, 2.24) is 0 Å². The van der Waals surface area contributed by atoms with Crippen LogP contribution in [-0.2, 0) is 0 Å². The topological polar surface area (TPSA) is 66.8 Å². The van der Waals surface area contributed by atoms with E-state index in [1.807, 2.05) is 0 Å². The fourth-order valence-electron chi connectivity index (χ4n) is 1.36. The predicted octanol–water partition coefficient (Wildman–Crippen LogP) is 2.09. The lowest BCUT2D eigenvalue weighted by Gasteiger charge is -2.06. The number of aliphatic hydroxyl groups excluding tert-OH is 2. The Balaban J connectivity index is 2.77. The van der Waals surface area contributed by atoms with Crippen molar-refractivity contribution in [3.8, 4) is 5.75 Å². The lowest BCUT2D eigenvalue weighted by atomic mass is 10.0. The van der Waals surface area contributed by atoms with Gasteiger partial charge >= 0.3 is 0 Å². The van der Waals surface area contributed by atoms with Crippen molar-refractivity contribution in [3.05, 3.63) is 41.7 Å². The van der Waals surface area contributed by atoms with Crippen molar-refractivity contribution >= 4 is 5.78 Å². The highest BCUT2D eigenvalue weighted by Gasteiger charge is 2.10. The number of benzene rings is 1. The van der Waals surface area contributed by atoms with Crippen molar-refractivity contribution in [2.24, 2.45) is 0 Å². The van der Waals surface area contributed by atoms with Gasteiger partial charge in [0.25, 0.3) is 0 Å². The summed E-state index contributed by atoms with van der Waals surface area (Å²) in [5, 5.41) is 17.5. The van der Waals surface area contributed by atoms with Crippen LogP contribution >= 0.6 is 0 Å². The molecule has 0 spiro atoms. The van der Waals surface area contributed by atoms with Gasteiger partial charge in [-0.2, -0.15) is 0 Å². The maximum absolute atomic E-state index is 11.8. The second kappa shape index (κ2) is 6.70. The molecular formula is C13H16O4.